The molecule has 0 amide bonds. The highest BCUT2D eigenvalue weighted by Crippen LogP contribution is 2.20. The minimum Gasteiger partial charge on any atom is -0.469 e. The second-order valence-electron chi connectivity index (χ2n) is 3.00. The quantitative estimate of drug-likeness (QED) is 0.331. The number of nitrogens with one attached hydrogen (secondary N) is 1. The predicted octanol–water partition coefficient (Wildman–Crippen LogP) is 0.262. The Hall–Kier alpha value is -1.05. The Balaban J connectivity index is 2.13. The Labute approximate surface area is 91.5 Å². The van der Waals surface area contributed by atoms with Gasteiger partial charge in [-0.3, -0.25) is 0 Å². The standard InChI is InChI=1S/C8H12N4O2S/c1-15-8-10-6(12-9)2-7(11-8)14-5-3-13-4-5/h2,5H,3-4,9H2,1H3,(H,10,11,12). The highest BCUT2D eigenvalue weighted by Gasteiger charge is 2.21. The van der Waals surface area contributed by atoms with Gasteiger partial charge in [-0.1, -0.05) is 11.8 Å². The van der Waals surface area contributed by atoms with Crippen molar-refractivity contribution in [1.82, 2.24) is 9.97 Å². The number of nitrogens with two attached hydrogens (primary N) is 1. The van der Waals surface area contributed by atoms with E-state index < -0.39 is 0 Å². The first kappa shape index (κ1) is 10.5. The van der Waals surface area contributed by atoms with E-state index in [0.29, 0.717) is 30.1 Å². The third-order valence-electron chi connectivity index (χ3n) is 1.91. The Bertz CT molecular complexity index is 323. The molecule has 1 saturated heterocycles. The van der Waals surface area contributed by atoms with Gasteiger partial charge in [-0.05, 0) is 6.26 Å². The summed E-state index contributed by atoms with van der Waals surface area (Å²) in [4.78, 5) is 8.33. The van der Waals surface area contributed by atoms with Crippen LogP contribution in [0.3, 0.4) is 0 Å². The third-order valence-corrected chi connectivity index (χ3v) is 2.46. The normalized spacial score (nSPS) is 15.9. The Kier molecular flexibility index (Phi) is 3.24. The van der Waals surface area contributed by atoms with E-state index in [4.69, 9.17) is 15.3 Å². The molecular formula is C8H12N4O2S. The van der Waals surface area contributed by atoms with Crippen molar-refractivity contribution in [2.75, 3.05) is 24.9 Å². The van der Waals surface area contributed by atoms with E-state index in [1.165, 1.54) is 11.8 Å². The van der Waals surface area contributed by atoms with E-state index in [-0.39, 0.29) is 6.10 Å². The summed E-state index contributed by atoms with van der Waals surface area (Å²) in [6.07, 6.45) is 1.99. The molecule has 6 nitrogen and oxygen atoms in total. The fraction of sp³-hybridized carbons (Fsp3) is 0.500. The van der Waals surface area contributed by atoms with Gasteiger partial charge in [0.15, 0.2) is 5.16 Å². The van der Waals surface area contributed by atoms with Gasteiger partial charge in [0.1, 0.15) is 11.9 Å². The molecule has 7 heteroatoms. The van der Waals surface area contributed by atoms with E-state index in [2.05, 4.69) is 15.4 Å². The Morgan fingerprint density at radius 3 is 2.93 bits per heavy atom. The molecule has 0 aromatic carbocycles. The maximum Gasteiger partial charge on any atom is 0.219 e. The summed E-state index contributed by atoms with van der Waals surface area (Å²) in [5, 5.41) is 0.626. The number of hydrogen-bond acceptors (Lipinski definition) is 7. The highest BCUT2D eigenvalue weighted by atomic mass is 32.2. The van der Waals surface area contributed by atoms with Crippen molar-refractivity contribution < 1.29 is 9.47 Å². The molecule has 1 aromatic rings. The summed E-state index contributed by atoms with van der Waals surface area (Å²) in [6, 6.07) is 1.66. The van der Waals surface area contributed by atoms with Crippen LogP contribution < -0.4 is 16.0 Å². The number of ether oxygens (including phenoxy) is 2. The monoisotopic (exact) mass is 228 g/mol. The topological polar surface area (TPSA) is 82.3 Å². The lowest BCUT2D eigenvalue weighted by Crippen LogP contribution is -2.38. The number of hydrogen-bond donors (Lipinski definition) is 2. The second kappa shape index (κ2) is 4.65. The van der Waals surface area contributed by atoms with Gasteiger partial charge >= 0.3 is 0 Å². The largest absolute Gasteiger partial charge is 0.469 e. The van der Waals surface area contributed by atoms with Crippen molar-refractivity contribution in [3.8, 4) is 5.88 Å². The smallest absolute Gasteiger partial charge is 0.219 e. The summed E-state index contributed by atoms with van der Waals surface area (Å²) in [5.74, 6) is 6.36. The molecule has 0 unspecified atom stereocenters. The number of thioether (sulfide) groups is 1. The van der Waals surface area contributed by atoms with Gasteiger partial charge in [0.2, 0.25) is 5.88 Å². The average Bonchev–Trinajstić information content (AvgIpc) is 2.23. The summed E-state index contributed by atoms with van der Waals surface area (Å²) in [6.45, 7) is 1.23. The molecule has 1 aromatic heterocycles. The van der Waals surface area contributed by atoms with Crippen molar-refractivity contribution in [1.29, 1.82) is 0 Å². The molecule has 3 N–H and O–H groups in total. The first-order valence-electron chi connectivity index (χ1n) is 4.46. The lowest BCUT2D eigenvalue weighted by atomic mass is 10.3. The summed E-state index contributed by atoms with van der Waals surface area (Å²) >= 11 is 1.44. The molecule has 2 heterocycles. The first-order chi connectivity index (χ1) is 7.31. The molecule has 0 bridgehead atoms. The van der Waals surface area contributed by atoms with Crippen molar-refractivity contribution in [2.45, 2.75) is 11.3 Å². The molecule has 1 fully saturated rings. The molecule has 0 spiro atoms. The van der Waals surface area contributed by atoms with Gasteiger partial charge < -0.3 is 14.9 Å². The van der Waals surface area contributed by atoms with Crippen LogP contribution in [-0.2, 0) is 4.74 Å². The van der Waals surface area contributed by atoms with E-state index in [1.54, 1.807) is 6.07 Å². The van der Waals surface area contributed by atoms with Crippen LogP contribution in [0.5, 0.6) is 5.88 Å². The van der Waals surface area contributed by atoms with Crippen LogP contribution in [0.25, 0.3) is 0 Å². The van der Waals surface area contributed by atoms with E-state index in [0.717, 1.165) is 0 Å². The molecule has 0 radical (unpaired) electrons. The van der Waals surface area contributed by atoms with Gasteiger partial charge in [0.25, 0.3) is 0 Å². The molecule has 1 aliphatic heterocycles. The molecule has 82 valence electrons. The lowest BCUT2D eigenvalue weighted by molar-refractivity contribution is -0.0815. The van der Waals surface area contributed by atoms with Crippen molar-refractivity contribution >= 4 is 17.6 Å². The summed E-state index contributed by atoms with van der Waals surface area (Å²) < 4.78 is 10.6. The second-order valence-corrected chi connectivity index (χ2v) is 3.77. The number of nitrogens with zero attached hydrogens (tertiary/aromatic N) is 2. The zero-order valence-electron chi connectivity index (χ0n) is 8.27. The minimum atomic E-state index is 0.0974. The van der Waals surface area contributed by atoms with Gasteiger partial charge in [-0.25, -0.2) is 10.8 Å². The van der Waals surface area contributed by atoms with Gasteiger partial charge in [0.05, 0.1) is 13.2 Å². The molecule has 0 atom stereocenters. The van der Waals surface area contributed by atoms with Crippen LogP contribution in [0, 0.1) is 0 Å². The van der Waals surface area contributed by atoms with E-state index in [1.807, 2.05) is 6.26 Å². The molecule has 15 heavy (non-hydrogen) atoms. The van der Waals surface area contributed by atoms with E-state index >= 15 is 0 Å². The number of rotatable bonds is 4. The molecular weight excluding hydrogens is 216 g/mol. The SMILES string of the molecule is CSc1nc(NN)cc(OC2COC2)n1. The van der Waals surface area contributed by atoms with Crippen LogP contribution in [0.1, 0.15) is 0 Å². The van der Waals surface area contributed by atoms with Crippen LogP contribution in [0.4, 0.5) is 5.82 Å². The van der Waals surface area contributed by atoms with Crippen molar-refractivity contribution in [2.24, 2.45) is 5.84 Å². The molecule has 1 aliphatic rings. The molecule has 0 saturated carbocycles. The van der Waals surface area contributed by atoms with Crippen LogP contribution in [0.15, 0.2) is 11.2 Å². The summed E-state index contributed by atoms with van der Waals surface area (Å²) in [7, 11) is 0. The molecule has 2 rings (SSSR count). The van der Waals surface area contributed by atoms with Crippen molar-refractivity contribution in [3.05, 3.63) is 6.07 Å². The van der Waals surface area contributed by atoms with Gasteiger partial charge in [-0.15, -0.1) is 0 Å². The first-order valence-corrected chi connectivity index (χ1v) is 5.68. The zero-order chi connectivity index (χ0) is 10.7. The number of nitrogen functional groups attached to an aromatic ring is 1. The third kappa shape index (κ3) is 2.49. The molecule has 0 aliphatic carbocycles. The fourth-order valence-electron chi connectivity index (χ4n) is 1.08. The number of anilines is 1. The Morgan fingerprint density at radius 1 is 1.60 bits per heavy atom. The Morgan fingerprint density at radius 2 is 2.40 bits per heavy atom. The number of hydrazine groups is 1. The van der Waals surface area contributed by atoms with Crippen LogP contribution in [-0.4, -0.2) is 35.5 Å². The lowest BCUT2D eigenvalue weighted by Gasteiger charge is -2.26. The maximum absolute atomic E-state index is 5.55. The average molecular weight is 228 g/mol. The van der Waals surface area contributed by atoms with Crippen LogP contribution in [0.2, 0.25) is 0 Å². The van der Waals surface area contributed by atoms with Gasteiger partial charge in [0, 0.05) is 6.07 Å². The zero-order valence-corrected chi connectivity index (χ0v) is 9.08. The van der Waals surface area contributed by atoms with E-state index in [9.17, 15) is 0 Å². The summed E-state index contributed by atoms with van der Waals surface area (Å²) in [5.41, 5.74) is 2.48. The maximum atomic E-state index is 5.55. The van der Waals surface area contributed by atoms with Crippen molar-refractivity contribution in [3.63, 3.8) is 0 Å². The minimum absolute atomic E-state index is 0.0974. The fourth-order valence-corrected chi connectivity index (χ4v) is 1.45. The predicted molar refractivity (Wildman–Crippen MR) is 56.9 cm³/mol. The highest BCUT2D eigenvalue weighted by molar-refractivity contribution is 7.98. The number of aromatic nitrogens is 2. The van der Waals surface area contributed by atoms with Gasteiger partial charge in [-0.2, -0.15) is 4.98 Å². The van der Waals surface area contributed by atoms with Crippen LogP contribution >= 0.6 is 11.8 Å².